The molecule has 0 bridgehead atoms. The average molecular weight is 410 g/mol. The number of amides is 1. The van der Waals surface area contributed by atoms with Crippen LogP contribution in [0.15, 0.2) is 36.4 Å². The van der Waals surface area contributed by atoms with Crippen LogP contribution in [-0.4, -0.2) is 51.1 Å². The number of halogens is 1. The Morgan fingerprint density at radius 3 is 2.39 bits per heavy atom. The zero-order valence-electron chi connectivity index (χ0n) is 16.0. The molecule has 0 saturated heterocycles. The van der Waals surface area contributed by atoms with E-state index in [0.29, 0.717) is 28.0 Å². The molecule has 0 aliphatic heterocycles. The van der Waals surface area contributed by atoms with Crippen molar-refractivity contribution in [2.75, 3.05) is 34.0 Å². The van der Waals surface area contributed by atoms with Crippen LogP contribution in [-0.2, 0) is 4.79 Å². The molecule has 2 aromatic carbocycles. The van der Waals surface area contributed by atoms with Gasteiger partial charge in [0.2, 0.25) is 5.75 Å². The summed E-state index contributed by atoms with van der Waals surface area (Å²) < 4.78 is 21.5. The first-order valence-corrected chi connectivity index (χ1v) is 9.00. The zero-order chi connectivity index (χ0) is 20.5. The minimum atomic E-state index is -0.921. The van der Waals surface area contributed by atoms with Crippen LogP contribution in [0.3, 0.4) is 0 Å². The second-order valence-electron chi connectivity index (χ2n) is 5.96. The number of hydrogen-bond acceptors (Lipinski definition) is 6. The minimum Gasteiger partial charge on any atom is -0.493 e. The SMILES string of the molecule is COc1cccc(OC)c1OCC(O)CNC(=O)COc1ccc(Cl)cc1C. The third kappa shape index (κ3) is 6.21. The molecule has 0 aliphatic carbocycles. The monoisotopic (exact) mass is 409 g/mol. The number of nitrogens with one attached hydrogen (secondary N) is 1. The highest BCUT2D eigenvalue weighted by molar-refractivity contribution is 6.30. The van der Waals surface area contributed by atoms with Crippen LogP contribution in [0.1, 0.15) is 5.56 Å². The third-order valence-corrected chi connectivity index (χ3v) is 4.07. The van der Waals surface area contributed by atoms with Crippen molar-refractivity contribution in [3.05, 3.63) is 47.0 Å². The highest BCUT2D eigenvalue weighted by Gasteiger charge is 2.14. The number of ether oxygens (including phenoxy) is 4. The predicted octanol–water partition coefficient (Wildman–Crippen LogP) is 2.60. The fourth-order valence-electron chi connectivity index (χ4n) is 2.40. The van der Waals surface area contributed by atoms with Crippen LogP contribution in [0.4, 0.5) is 0 Å². The van der Waals surface area contributed by atoms with Gasteiger partial charge in [0.25, 0.3) is 5.91 Å². The lowest BCUT2D eigenvalue weighted by atomic mass is 10.2. The quantitative estimate of drug-likeness (QED) is 0.627. The average Bonchev–Trinajstić information content (AvgIpc) is 2.69. The van der Waals surface area contributed by atoms with Gasteiger partial charge in [0, 0.05) is 11.6 Å². The molecule has 2 aromatic rings. The van der Waals surface area contributed by atoms with E-state index in [-0.39, 0.29) is 25.7 Å². The van der Waals surface area contributed by atoms with Crippen molar-refractivity contribution in [3.63, 3.8) is 0 Å². The van der Waals surface area contributed by atoms with Crippen LogP contribution in [0.25, 0.3) is 0 Å². The second kappa shape index (κ2) is 10.6. The molecule has 2 N–H and O–H groups in total. The number of hydrogen-bond donors (Lipinski definition) is 2. The van der Waals surface area contributed by atoms with Crippen LogP contribution >= 0.6 is 11.6 Å². The number of carbonyl (C=O) groups is 1. The van der Waals surface area contributed by atoms with Gasteiger partial charge in [-0.25, -0.2) is 0 Å². The Bertz CT molecular complexity index is 776. The molecule has 152 valence electrons. The molecule has 7 nitrogen and oxygen atoms in total. The number of rotatable bonds is 10. The lowest BCUT2D eigenvalue weighted by Crippen LogP contribution is -2.37. The third-order valence-electron chi connectivity index (χ3n) is 3.83. The predicted molar refractivity (Wildman–Crippen MR) is 106 cm³/mol. The molecule has 0 spiro atoms. The Morgan fingerprint density at radius 2 is 1.79 bits per heavy atom. The van der Waals surface area contributed by atoms with Crippen LogP contribution in [0, 0.1) is 6.92 Å². The summed E-state index contributed by atoms with van der Waals surface area (Å²) >= 11 is 5.89. The molecule has 0 aliphatic rings. The van der Waals surface area contributed by atoms with Crippen LogP contribution in [0.2, 0.25) is 5.02 Å². The number of methoxy groups -OCH3 is 2. The number of aryl methyl sites for hydroxylation is 1. The fourth-order valence-corrected chi connectivity index (χ4v) is 2.63. The summed E-state index contributed by atoms with van der Waals surface area (Å²) in [6.45, 7) is 1.64. The number of benzene rings is 2. The zero-order valence-corrected chi connectivity index (χ0v) is 16.8. The highest BCUT2D eigenvalue weighted by atomic mass is 35.5. The first-order valence-electron chi connectivity index (χ1n) is 8.62. The molecular weight excluding hydrogens is 386 g/mol. The van der Waals surface area contributed by atoms with Gasteiger partial charge in [-0.3, -0.25) is 4.79 Å². The summed E-state index contributed by atoms with van der Waals surface area (Å²) in [7, 11) is 3.03. The lowest BCUT2D eigenvalue weighted by molar-refractivity contribution is -0.123. The van der Waals surface area contributed by atoms with Crippen LogP contribution < -0.4 is 24.3 Å². The van der Waals surface area contributed by atoms with Gasteiger partial charge >= 0.3 is 0 Å². The maximum absolute atomic E-state index is 11.9. The Morgan fingerprint density at radius 1 is 1.11 bits per heavy atom. The van der Waals surface area contributed by atoms with Crippen molar-refractivity contribution in [1.29, 1.82) is 0 Å². The van der Waals surface area contributed by atoms with Gasteiger partial charge < -0.3 is 29.4 Å². The maximum atomic E-state index is 11.9. The van der Waals surface area contributed by atoms with Crippen molar-refractivity contribution in [2.24, 2.45) is 0 Å². The molecule has 1 unspecified atom stereocenters. The van der Waals surface area contributed by atoms with Gasteiger partial charge in [0.15, 0.2) is 18.1 Å². The molecule has 0 aromatic heterocycles. The van der Waals surface area contributed by atoms with E-state index in [1.54, 1.807) is 36.4 Å². The molecule has 28 heavy (non-hydrogen) atoms. The van der Waals surface area contributed by atoms with Crippen molar-refractivity contribution < 1.29 is 28.8 Å². The van der Waals surface area contributed by atoms with E-state index < -0.39 is 6.10 Å². The molecular formula is C20H24ClNO6. The molecule has 8 heteroatoms. The number of para-hydroxylation sites is 1. The maximum Gasteiger partial charge on any atom is 0.258 e. The summed E-state index contributed by atoms with van der Waals surface area (Å²) in [6, 6.07) is 10.4. The lowest BCUT2D eigenvalue weighted by Gasteiger charge is -2.17. The van der Waals surface area contributed by atoms with Crippen molar-refractivity contribution in [3.8, 4) is 23.0 Å². The summed E-state index contributed by atoms with van der Waals surface area (Å²) in [5.74, 6) is 1.58. The van der Waals surface area contributed by atoms with Gasteiger partial charge in [-0.1, -0.05) is 17.7 Å². The Labute approximate surface area is 169 Å². The largest absolute Gasteiger partial charge is 0.493 e. The summed E-state index contributed by atoms with van der Waals surface area (Å²) in [6.07, 6.45) is -0.921. The smallest absolute Gasteiger partial charge is 0.258 e. The first-order chi connectivity index (χ1) is 13.4. The normalized spacial score (nSPS) is 11.5. The van der Waals surface area contributed by atoms with Gasteiger partial charge in [-0.2, -0.15) is 0 Å². The van der Waals surface area contributed by atoms with Gasteiger partial charge in [-0.05, 0) is 42.8 Å². The molecule has 1 atom stereocenters. The Hall–Kier alpha value is -2.64. The molecule has 0 fully saturated rings. The molecule has 0 radical (unpaired) electrons. The van der Waals surface area contributed by atoms with E-state index in [4.69, 9.17) is 30.5 Å². The van der Waals surface area contributed by atoms with Gasteiger partial charge in [0.05, 0.1) is 14.2 Å². The number of aliphatic hydroxyl groups excluding tert-OH is 1. The van der Waals surface area contributed by atoms with Crippen LogP contribution in [0.5, 0.6) is 23.0 Å². The van der Waals surface area contributed by atoms with Gasteiger partial charge in [0.1, 0.15) is 18.5 Å². The number of carbonyl (C=O) groups excluding carboxylic acids is 1. The molecule has 2 rings (SSSR count). The first kappa shape index (κ1) is 21.7. The number of aliphatic hydroxyl groups is 1. The summed E-state index contributed by atoms with van der Waals surface area (Å²) in [5, 5.41) is 13.3. The van der Waals surface area contributed by atoms with Gasteiger partial charge in [-0.15, -0.1) is 0 Å². The van der Waals surface area contributed by atoms with Crippen molar-refractivity contribution in [2.45, 2.75) is 13.0 Å². The Balaban J connectivity index is 1.78. The van der Waals surface area contributed by atoms with E-state index in [9.17, 15) is 9.90 Å². The molecule has 0 heterocycles. The van der Waals surface area contributed by atoms with E-state index in [0.717, 1.165) is 5.56 Å². The highest BCUT2D eigenvalue weighted by Crippen LogP contribution is 2.36. The Kier molecular flexibility index (Phi) is 8.22. The minimum absolute atomic E-state index is 0.0132. The standard InChI is InChI=1S/C20H24ClNO6/c1-13-9-14(21)7-8-16(13)27-12-19(24)22-10-15(23)11-28-20-17(25-2)5-4-6-18(20)26-3/h4-9,15,23H,10-12H2,1-3H3,(H,22,24). The second-order valence-corrected chi connectivity index (χ2v) is 6.40. The van der Waals surface area contributed by atoms with E-state index in [1.165, 1.54) is 14.2 Å². The van der Waals surface area contributed by atoms with E-state index in [2.05, 4.69) is 5.32 Å². The fraction of sp³-hybridized carbons (Fsp3) is 0.350. The van der Waals surface area contributed by atoms with Crippen molar-refractivity contribution >= 4 is 17.5 Å². The molecule has 1 amide bonds. The topological polar surface area (TPSA) is 86.3 Å². The summed E-state index contributed by atoms with van der Waals surface area (Å²) in [5.41, 5.74) is 0.833. The molecule has 0 saturated carbocycles. The van der Waals surface area contributed by atoms with E-state index in [1.807, 2.05) is 6.92 Å². The van der Waals surface area contributed by atoms with E-state index >= 15 is 0 Å². The van der Waals surface area contributed by atoms with Crippen molar-refractivity contribution in [1.82, 2.24) is 5.32 Å². The summed E-state index contributed by atoms with van der Waals surface area (Å²) in [4.78, 5) is 11.9.